The standard InChI is InChI=1S/C15H28BrNO/c1-3-7-13(8-4-2)15(18)17-12-6-10-14(17)9-5-11-16/h13-14H,3-12H2,1-2H3. The fraction of sp³-hybridized carbons (Fsp3) is 0.933. The van der Waals surface area contributed by atoms with Gasteiger partial charge < -0.3 is 4.90 Å². The van der Waals surface area contributed by atoms with Crippen molar-refractivity contribution < 1.29 is 4.79 Å². The second-order valence-electron chi connectivity index (χ2n) is 5.43. The molecule has 1 aliphatic rings. The third kappa shape index (κ3) is 4.56. The van der Waals surface area contributed by atoms with Crippen LogP contribution in [-0.4, -0.2) is 28.7 Å². The number of carbonyl (C=O) groups is 1. The lowest BCUT2D eigenvalue weighted by Gasteiger charge is -2.29. The van der Waals surface area contributed by atoms with E-state index in [0.29, 0.717) is 11.9 Å². The van der Waals surface area contributed by atoms with Gasteiger partial charge in [-0.25, -0.2) is 0 Å². The summed E-state index contributed by atoms with van der Waals surface area (Å²) in [6.45, 7) is 5.36. The number of carbonyl (C=O) groups excluding carboxylic acids is 1. The zero-order valence-electron chi connectivity index (χ0n) is 12.0. The zero-order chi connectivity index (χ0) is 13.4. The monoisotopic (exact) mass is 317 g/mol. The minimum atomic E-state index is 0.282. The third-order valence-corrected chi connectivity index (χ3v) is 4.52. The lowest BCUT2D eigenvalue weighted by atomic mass is 9.96. The van der Waals surface area contributed by atoms with Crippen LogP contribution in [-0.2, 0) is 4.79 Å². The highest BCUT2D eigenvalue weighted by molar-refractivity contribution is 9.09. The molecule has 0 aliphatic carbocycles. The molecule has 0 aromatic carbocycles. The molecule has 0 aromatic rings. The van der Waals surface area contributed by atoms with Gasteiger partial charge in [0.2, 0.25) is 5.91 Å². The van der Waals surface area contributed by atoms with E-state index in [4.69, 9.17) is 0 Å². The fourth-order valence-corrected chi connectivity index (χ4v) is 3.39. The lowest BCUT2D eigenvalue weighted by molar-refractivity contribution is -0.137. The predicted molar refractivity (Wildman–Crippen MR) is 81.1 cm³/mol. The van der Waals surface area contributed by atoms with Crippen LogP contribution >= 0.6 is 15.9 Å². The van der Waals surface area contributed by atoms with Gasteiger partial charge in [-0.1, -0.05) is 42.6 Å². The van der Waals surface area contributed by atoms with Gasteiger partial charge in [0.05, 0.1) is 0 Å². The smallest absolute Gasteiger partial charge is 0.225 e. The molecule has 0 spiro atoms. The maximum absolute atomic E-state index is 12.6. The van der Waals surface area contributed by atoms with Crippen molar-refractivity contribution in [3.63, 3.8) is 0 Å². The highest BCUT2D eigenvalue weighted by Gasteiger charge is 2.31. The molecule has 1 unspecified atom stereocenters. The summed E-state index contributed by atoms with van der Waals surface area (Å²) < 4.78 is 0. The van der Waals surface area contributed by atoms with Crippen molar-refractivity contribution in [1.29, 1.82) is 0 Å². The van der Waals surface area contributed by atoms with Gasteiger partial charge in [0.15, 0.2) is 0 Å². The van der Waals surface area contributed by atoms with Crippen molar-refractivity contribution in [1.82, 2.24) is 4.90 Å². The summed E-state index contributed by atoms with van der Waals surface area (Å²) in [5, 5.41) is 1.05. The van der Waals surface area contributed by atoms with Crippen LogP contribution in [0.1, 0.15) is 65.2 Å². The Kier molecular flexibility index (Phi) is 7.96. The average Bonchev–Trinajstić information content (AvgIpc) is 2.83. The topological polar surface area (TPSA) is 20.3 Å². The Morgan fingerprint density at radius 1 is 1.33 bits per heavy atom. The largest absolute Gasteiger partial charge is 0.339 e. The van der Waals surface area contributed by atoms with E-state index < -0.39 is 0 Å². The summed E-state index contributed by atoms with van der Waals surface area (Å²) in [4.78, 5) is 14.8. The second kappa shape index (κ2) is 8.95. The Morgan fingerprint density at radius 3 is 2.56 bits per heavy atom. The molecule has 18 heavy (non-hydrogen) atoms. The molecule has 0 N–H and O–H groups in total. The number of amides is 1. The summed E-state index contributed by atoms with van der Waals surface area (Å²) in [6, 6.07) is 0.520. The van der Waals surface area contributed by atoms with E-state index in [1.807, 2.05) is 0 Å². The van der Waals surface area contributed by atoms with Crippen LogP contribution in [0.2, 0.25) is 0 Å². The first-order valence-electron chi connectivity index (χ1n) is 7.61. The van der Waals surface area contributed by atoms with Gasteiger partial charge in [-0.05, 0) is 38.5 Å². The van der Waals surface area contributed by atoms with Gasteiger partial charge in [0.1, 0.15) is 0 Å². The van der Waals surface area contributed by atoms with Crippen LogP contribution < -0.4 is 0 Å². The fourth-order valence-electron chi connectivity index (χ4n) is 3.06. The molecule has 1 rings (SSSR count). The molecule has 1 saturated heterocycles. The van der Waals surface area contributed by atoms with E-state index in [1.54, 1.807) is 0 Å². The Labute approximate surface area is 121 Å². The zero-order valence-corrected chi connectivity index (χ0v) is 13.5. The van der Waals surface area contributed by atoms with Crippen molar-refractivity contribution in [3.8, 4) is 0 Å². The Hall–Kier alpha value is -0.0500. The lowest BCUT2D eigenvalue weighted by Crippen LogP contribution is -2.39. The second-order valence-corrected chi connectivity index (χ2v) is 6.23. The van der Waals surface area contributed by atoms with E-state index in [9.17, 15) is 4.79 Å². The van der Waals surface area contributed by atoms with Crippen LogP contribution in [0.15, 0.2) is 0 Å². The van der Waals surface area contributed by atoms with Crippen molar-refractivity contribution in [3.05, 3.63) is 0 Å². The van der Waals surface area contributed by atoms with Gasteiger partial charge in [-0.3, -0.25) is 4.79 Å². The first kappa shape index (κ1) is 16.0. The third-order valence-electron chi connectivity index (χ3n) is 3.95. The van der Waals surface area contributed by atoms with Crippen molar-refractivity contribution in [2.45, 2.75) is 71.3 Å². The Balaban J connectivity index is 2.55. The summed E-state index contributed by atoms with van der Waals surface area (Å²) in [5.74, 6) is 0.723. The molecule has 1 amide bonds. The van der Waals surface area contributed by atoms with Crippen LogP contribution in [0.3, 0.4) is 0 Å². The maximum Gasteiger partial charge on any atom is 0.225 e. The molecule has 0 aromatic heterocycles. The van der Waals surface area contributed by atoms with Crippen molar-refractivity contribution in [2.24, 2.45) is 5.92 Å². The quantitative estimate of drug-likeness (QED) is 0.609. The van der Waals surface area contributed by atoms with E-state index in [-0.39, 0.29) is 5.92 Å². The van der Waals surface area contributed by atoms with E-state index in [2.05, 4.69) is 34.7 Å². The molecule has 2 nitrogen and oxygen atoms in total. The van der Waals surface area contributed by atoms with Crippen LogP contribution in [0, 0.1) is 5.92 Å². The SMILES string of the molecule is CCCC(CCC)C(=O)N1CCCC1CCCBr. The highest BCUT2D eigenvalue weighted by atomic mass is 79.9. The normalized spacial score (nSPS) is 19.8. The van der Waals surface area contributed by atoms with Gasteiger partial charge in [-0.15, -0.1) is 0 Å². The summed E-state index contributed by atoms with van der Waals surface area (Å²) in [5.41, 5.74) is 0. The summed E-state index contributed by atoms with van der Waals surface area (Å²) in [6.07, 6.45) is 9.13. The first-order chi connectivity index (χ1) is 8.74. The molecular weight excluding hydrogens is 290 g/mol. The number of hydrogen-bond donors (Lipinski definition) is 0. The van der Waals surface area contributed by atoms with Crippen LogP contribution in [0.4, 0.5) is 0 Å². The van der Waals surface area contributed by atoms with Crippen molar-refractivity contribution >= 4 is 21.8 Å². The summed E-state index contributed by atoms with van der Waals surface area (Å²) >= 11 is 3.49. The number of nitrogens with zero attached hydrogens (tertiary/aromatic N) is 1. The highest BCUT2D eigenvalue weighted by Crippen LogP contribution is 2.26. The number of alkyl halides is 1. The Bertz CT molecular complexity index is 239. The molecule has 1 fully saturated rings. The van der Waals surface area contributed by atoms with Crippen LogP contribution in [0.25, 0.3) is 0 Å². The summed E-state index contributed by atoms with van der Waals surface area (Å²) in [7, 11) is 0. The van der Waals surface area contributed by atoms with E-state index in [0.717, 1.165) is 37.6 Å². The predicted octanol–water partition coefficient (Wildman–Crippen LogP) is 4.37. The number of halogens is 1. The number of hydrogen-bond acceptors (Lipinski definition) is 1. The maximum atomic E-state index is 12.6. The van der Waals surface area contributed by atoms with Gasteiger partial charge in [0.25, 0.3) is 0 Å². The first-order valence-corrected chi connectivity index (χ1v) is 8.73. The molecule has 3 heteroatoms. The minimum absolute atomic E-state index is 0.282. The number of rotatable bonds is 8. The Morgan fingerprint density at radius 2 is 2.00 bits per heavy atom. The molecule has 106 valence electrons. The van der Waals surface area contributed by atoms with Crippen LogP contribution in [0.5, 0.6) is 0 Å². The van der Waals surface area contributed by atoms with Gasteiger partial charge in [0, 0.05) is 23.8 Å². The van der Waals surface area contributed by atoms with E-state index >= 15 is 0 Å². The van der Waals surface area contributed by atoms with E-state index in [1.165, 1.54) is 25.7 Å². The number of likely N-dealkylation sites (tertiary alicyclic amines) is 1. The molecular formula is C15H28BrNO. The average molecular weight is 318 g/mol. The molecule has 1 aliphatic heterocycles. The van der Waals surface area contributed by atoms with Gasteiger partial charge >= 0.3 is 0 Å². The molecule has 1 heterocycles. The van der Waals surface area contributed by atoms with Gasteiger partial charge in [-0.2, -0.15) is 0 Å². The molecule has 0 saturated carbocycles. The minimum Gasteiger partial charge on any atom is -0.339 e. The molecule has 0 radical (unpaired) electrons. The molecule has 0 bridgehead atoms. The molecule has 1 atom stereocenters. The van der Waals surface area contributed by atoms with Crippen molar-refractivity contribution in [2.75, 3.05) is 11.9 Å².